The quantitative estimate of drug-likeness (QED) is 0.538. The van der Waals surface area contributed by atoms with Gasteiger partial charge in [0.1, 0.15) is 11.9 Å². The van der Waals surface area contributed by atoms with Crippen molar-refractivity contribution in [2.45, 2.75) is 45.6 Å². The minimum absolute atomic E-state index is 0.0660. The summed E-state index contributed by atoms with van der Waals surface area (Å²) in [6, 6.07) is 14.7. The number of carbonyl (C=O) groups is 2. The van der Waals surface area contributed by atoms with Crippen molar-refractivity contribution in [3.05, 3.63) is 59.9 Å². The number of likely N-dealkylation sites (N-methyl/N-ethyl adjacent to an activating group) is 1. The Kier molecular flexibility index (Phi) is 6.67. The van der Waals surface area contributed by atoms with Gasteiger partial charge in [-0.15, -0.1) is 0 Å². The number of nitrogens with one attached hydrogen (secondary N) is 1. The van der Waals surface area contributed by atoms with Gasteiger partial charge in [-0.3, -0.25) is 14.5 Å². The zero-order valence-electron chi connectivity index (χ0n) is 22.5. The summed E-state index contributed by atoms with van der Waals surface area (Å²) in [5, 5.41) is 3.01. The molecule has 0 bridgehead atoms. The average molecular weight is 519 g/mol. The van der Waals surface area contributed by atoms with Crippen LogP contribution in [-0.2, 0) is 9.59 Å². The monoisotopic (exact) mass is 518 g/mol. The van der Waals surface area contributed by atoms with Crippen molar-refractivity contribution in [3.8, 4) is 0 Å². The van der Waals surface area contributed by atoms with Gasteiger partial charge in [-0.05, 0) is 80.5 Å². The molecular formula is C31H39FN4O2. The SMILES string of the molecule is CCN(CC)C(=O)C(c1ccccc1)N1CCN(c2ccc(NC(=O)C3CC4CCC5CC453)cc2F)CC1. The molecule has 6 nitrogen and oxygen atoms in total. The number of halogens is 1. The summed E-state index contributed by atoms with van der Waals surface area (Å²) in [6.45, 7) is 7.96. The van der Waals surface area contributed by atoms with Crippen molar-refractivity contribution in [2.75, 3.05) is 49.5 Å². The standard InChI is InChI=1S/C31H39FN4O2/c1-3-34(4-2)30(38)28(21-8-6-5-7-9-21)36-16-14-35(15-17-36)27-13-12-24(19-26(27)32)33-29(37)25-18-22-10-11-23-20-31(22,23)25/h5-9,12-13,19,22-23,25,28H,3-4,10-11,14-18,20H2,1-2H3,(H,33,37). The van der Waals surface area contributed by atoms with Gasteiger partial charge in [0.05, 0.1) is 5.69 Å². The first kappa shape index (κ1) is 25.4. The molecule has 202 valence electrons. The first-order valence-corrected chi connectivity index (χ1v) is 14.4. The van der Waals surface area contributed by atoms with E-state index in [0.717, 1.165) is 23.8 Å². The molecule has 5 unspecified atom stereocenters. The van der Waals surface area contributed by atoms with Crippen molar-refractivity contribution in [1.82, 2.24) is 9.80 Å². The highest BCUT2D eigenvalue weighted by atomic mass is 19.1. The number of benzene rings is 2. The van der Waals surface area contributed by atoms with Crippen LogP contribution in [0.2, 0.25) is 0 Å². The fourth-order valence-electron chi connectivity index (χ4n) is 7.80. The lowest BCUT2D eigenvalue weighted by Crippen LogP contribution is -2.52. The summed E-state index contributed by atoms with van der Waals surface area (Å²) in [7, 11) is 0. The first-order valence-electron chi connectivity index (χ1n) is 14.4. The van der Waals surface area contributed by atoms with Crippen LogP contribution in [0.15, 0.2) is 48.5 Å². The molecule has 0 aromatic heterocycles. The van der Waals surface area contributed by atoms with Gasteiger partial charge in [0, 0.05) is 50.9 Å². The Labute approximate surface area is 225 Å². The lowest BCUT2D eigenvalue weighted by Gasteiger charge is -2.43. The first-order chi connectivity index (χ1) is 18.5. The van der Waals surface area contributed by atoms with E-state index in [9.17, 15) is 9.59 Å². The third-order valence-corrected chi connectivity index (χ3v) is 9.97. The number of nitrogens with zero attached hydrogens (tertiary/aromatic N) is 3. The number of rotatable bonds is 8. The molecule has 1 aliphatic heterocycles. The summed E-state index contributed by atoms with van der Waals surface area (Å²) in [4.78, 5) is 32.6. The molecule has 4 aliphatic rings. The highest BCUT2D eigenvalue weighted by Gasteiger charge is 2.73. The fraction of sp³-hybridized carbons (Fsp3) is 0.548. The summed E-state index contributed by atoms with van der Waals surface area (Å²) in [6.07, 6.45) is 4.76. The average Bonchev–Trinajstić information content (AvgIpc) is 3.62. The van der Waals surface area contributed by atoms with Gasteiger partial charge in [-0.25, -0.2) is 4.39 Å². The number of piperazine rings is 1. The van der Waals surface area contributed by atoms with E-state index >= 15 is 4.39 Å². The minimum atomic E-state index is -0.336. The maximum atomic E-state index is 15.3. The van der Waals surface area contributed by atoms with Crippen LogP contribution in [0.4, 0.5) is 15.8 Å². The molecule has 38 heavy (non-hydrogen) atoms. The smallest absolute Gasteiger partial charge is 0.244 e. The second-order valence-electron chi connectivity index (χ2n) is 11.6. The van der Waals surface area contributed by atoms with Crippen LogP contribution in [0.5, 0.6) is 0 Å². The third kappa shape index (κ3) is 4.19. The van der Waals surface area contributed by atoms with Gasteiger partial charge in [0.25, 0.3) is 0 Å². The maximum absolute atomic E-state index is 15.3. The maximum Gasteiger partial charge on any atom is 0.244 e. The predicted molar refractivity (Wildman–Crippen MR) is 147 cm³/mol. The molecule has 0 radical (unpaired) electrons. The molecule has 5 atom stereocenters. The molecule has 4 fully saturated rings. The molecule has 2 aromatic carbocycles. The Hall–Kier alpha value is -2.93. The summed E-state index contributed by atoms with van der Waals surface area (Å²) in [5.74, 6) is 1.46. The van der Waals surface area contributed by atoms with Gasteiger partial charge >= 0.3 is 0 Å². The Morgan fingerprint density at radius 2 is 1.74 bits per heavy atom. The topological polar surface area (TPSA) is 55.9 Å². The van der Waals surface area contributed by atoms with Gasteiger partial charge in [-0.2, -0.15) is 0 Å². The molecule has 3 saturated carbocycles. The molecule has 2 amide bonds. The van der Waals surface area contributed by atoms with Crippen molar-refractivity contribution >= 4 is 23.2 Å². The number of hydrogen-bond donors (Lipinski definition) is 1. The van der Waals surface area contributed by atoms with E-state index in [0.29, 0.717) is 50.6 Å². The van der Waals surface area contributed by atoms with E-state index in [-0.39, 0.29) is 35.0 Å². The van der Waals surface area contributed by atoms with E-state index in [1.165, 1.54) is 25.3 Å². The number of carbonyl (C=O) groups excluding carboxylic acids is 2. The van der Waals surface area contributed by atoms with Crippen LogP contribution in [0.1, 0.15) is 51.1 Å². The van der Waals surface area contributed by atoms with Gasteiger partial charge in [0.2, 0.25) is 11.8 Å². The highest BCUT2D eigenvalue weighted by Crippen LogP contribution is 2.78. The van der Waals surface area contributed by atoms with Crippen molar-refractivity contribution < 1.29 is 14.0 Å². The molecule has 1 N–H and O–H groups in total. The van der Waals surface area contributed by atoms with Gasteiger partial charge in [0.15, 0.2) is 0 Å². The fourth-order valence-corrected chi connectivity index (χ4v) is 7.80. The van der Waals surface area contributed by atoms with Crippen LogP contribution in [0, 0.1) is 29.0 Å². The van der Waals surface area contributed by atoms with Crippen LogP contribution in [0.25, 0.3) is 0 Å². The van der Waals surface area contributed by atoms with Gasteiger partial charge in [-0.1, -0.05) is 30.3 Å². The van der Waals surface area contributed by atoms with E-state index in [4.69, 9.17) is 0 Å². The molecule has 6 rings (SSSR count). The van der Waals surface area contributed by atoms with E-state index in [1.54, 1.807) is 6.07 Å². The normalized spacial score (nSPS) is 28.6. The Morgan fingerprint density at radius 1 is 1.03 bits per heavy atom. The molecule has 3 aliphatic carbocycles. The van der Waals surface area contributed by atoms with Crippen LogP contribution >= 0.6 is 0 Å². The third-order valence-electron chi connectivity index (χ3n) is 9.97. The zero-order chi connectivity index (χ0) is 26.4. The Balaban J connectivity index is 1.10. The largest absolute Gasteiger partial charge is 0.367 e. The summed E-state index contributed by atoms with van der Waals surface area (Å²) < 4.78 is 15.3. The lowest BCUT2D eigenvalue weighted by atomic mass is 9.62. The van der Waals surface area contributed by atoms with Gasteiger partial charge < -0.3 is 15.1 Å². The lowest BCUT2D eigenvalue weighted by molar-refractivity contribution is -0.137. The van der Waals surface area contributed by atoms with E-state index in [1.807, 2.05) is 60.0 Å². The second kappa shape index (κ2) is 9.99. The summed E-state index contributed by atoms with van der Waals surface area (Å²) in [5.41, 5.74) is 2.37. The zero-order valence-corrected chi connectivity index (χ0v) is 22.5. The minimum Gasteiger partial charge on any atom is -0.367 e. The number of amides is 2. The van der Waals surface area contributed by atoms with Crippen molar-refractivity contribution in [3.63, 3.8) is 0 Å². The Bertz CT molecular complexity index is 1190. The summed E-state index contributed by atoms with van der Waals surface area (Å²) >= 11 is 0. The Morgan fingerprint density at radius 3 is 2.37 bits per heavy atom. The van der Waals surface area contributed by atoms with Crippen molar-refractivity contribution in [1.29, 1.82) is 0 Å². The van der Waals surface area contributed by atoms with Crippen LogP contribution in [-0.4, -0.2) is 60.9 Å². The highest BCUT2D eigenvalue weighted by molar-refractivity contribution is 5.94. The van der Waals surface area contributed by atoms with Crippen LogP contribution < -0.4 is 10.2 Å². The van der Waals surface area contributed by atoms with E-state index in [2.05, 4.69) is 10.2 Å². The molecule has 1 spiro atoms. The predicted octanol–water partition coefficient (Wildman–Crippen LogP) is 4.93. The van der Waals surface area contributed by atoms with E-state index < -0.39 is 0 Å². The van der Waals surface area contributed by atoms with Crippen LogP contribution in [0.3, 0.4) is 0 Å². The molecule has 1 heterocycles. The molecule has 7 heteroatoms. The molecular weight excluding hydrogens is 479 g/mol. The molecule has 1 saturated heterocycles. The number of hydrogen-bond acceptors (Lipinski definition) is 4. The van der Waals surface area contributed by atoms with Crippen molar-refractivity contribution in [2.24, 2.45) is 23.2 Å². The molecule has 2 aromatic rings. The second-order valence-corrected chi connectivity index (χ2v) is 11.6. The number of anilines is 2.